The Hall–Kier alpha value is -1.45. The highest BCUT2D eigenvalue weighted by atomic mass is 32.2. The van der Waals surface area contributed by atoms with Gasteiger partial charge in [0.2, 0.25) is 10.0 Å². The van der Waals surface area contributed by atoms with Crippen molar-refractivity contribution in [1.82, 2.24) is 9.62 Å². The largest absolute Gasteiger partial charge is 0.481 e. The van der Waals surface area contributed by atoms with Gasteiger partial charge in [0.05, 0.1) is 15.7 Å². The normalized spacial score (nSPS) is 12.9. The van der Waals surface area contributed by atoms with Crippen LogP contribution < -0.4 is 4.72 Å². The number of hydrogen-bond donors (Lipinski definition) is 2. The lowest BCUT2D eigenvalue weighted by atomic mass is 10.2. The van der Waals surface area contributed by atoms with Gasteiger partial charge in [-0.1, -0.05) is 6.92 Å². The van der Waals surface area contributed by atoms with Crippen LogP contribution in [0, 0.1) is 5.92 Å². The summed E-state index contributed by atoms with van der Waals surface area (Å²) in [6.07, 6.45) is 0. The third-order valence-corrected chi connectivity index (χ3v) is 5.14. The Bertz CT molecular complexity index is 608. The molecule has 1 amide bonds. The third kappa shape index (κ3) is 3.78. The quantitative estimate of drug-likeness (QED) is 0.792. The zero-order chi connectivity index (χ0) is 15.5. The SMILES string of the molecule is CNS(=O)(=O)c1csc(C(=O)N(C)CC(C)C(=O)O)c1. The van der Waals surface area contributed by atoms with Crippen LogP contribution in [0.2, 0.25) is 0 Å². The fraction of sp³-hybridized carbons (Fsp3) is 0.455. The van der Waals surface area contributed by atoms with Gasteiger partial charge in [-0.25, -0.2) is 13.1 Å². The molecule has 20 heavy (non-hydrogen) atoms. The van der Waals surface area contributed by atoms with Gasteiger partial charge in [0.15, 0.2) is 0 Å². The number of rotatable bonds is 6. The third-order valence-electron chi connectivity index (χ3n) is 2.68. The van der Waals surface area contributed by atoms with E-state index >= 15 is 0 Å². The summed E-state index contributed by atoms with van der Waals surface area (Å²) in [6, 6.07) is 1.28. The number of thiophene rings is 1. The predicted molar refractivity (Wildman–Crippen MR) is 74.3 cm³/mol. The molecular formula is C11H16N2O5S2. The maximum Gasteiger partial charge on any atom is 0.308 e. The maximum atomic E-state index is 12.1. The van der Waals surface area contributed by atoms with Crippen LogP contribution in [0.1, 0.15) is 16.6 Å². The summed E-state index contributed by atoms with van der Waals surface area (Å²) in [5, 5.41) is 10.2. The van der Waals surface area contributed by atoms with Gasteiger partial charge in [0.1, 0.15) is 0 Å². The van der Waals surface area contributed by atoms with Crippen molar-refractivity contribution < 1.29 is 23.1 Å². The van der Waals surface area contributed by atoms with Crippen LogP contribution in [0.3, 0.4) is 0 Å². The first kappa shape index (κ1) is 16.6. The second-order valence-electron chi connectivity index (χ2n) is 4.28. The van der Waals surface area contributed by atoms with Gasteiger partial charge < -0.3 is 10.0 Å². The Morgan fingerprint density at radius 2 is 2.10 bits per heavy atom. The number of aliphatic carboxylic acids is 1. The molecule has 0 radical (unpaired) electrons. The number of nitrogens with zero attached hydrogens (tertiary/aromatic N) is 1. The molecule has 9 heteroatoms. The molecule has 0 aliphatic heterocycles. The molecule has 0 aliphatic carbocycles. The van der Waals surface area contributed by atoms with E-state index in [1.165, 1.54) is 37.4 Å². The fourth-order valence-electron chi connectivity index (χ4n) is 1.45. The van der Waals surface area contributed by atoms with Gasteiger partial charge in [-0.3, -0.25) is 9.59 Å². The molecule has 2 N–H and O–H groups in total. The lowest BCUT2D eigenvalue weighted by Gasteiger charge is -2.18. The molecule has 1 rings (SSSR count). The molecule has 0 spiro atoms. The van der Waals surface area contributed by atoms with E-state index in [-0.39, 0.29) is 16.3 Å². The molecule has 1 aromatic rings. The van der Waals surface area contributed by atoms with Gasteiger partial charge in [-0.15, -0.1) is 11.3 Å². The number of hydrogen-bond acceptors (Lipinski definition) is 5. The summed E-state index contributed by atoms with van der Waals surface area (Å²) in [5.41, 5.74) is 0. The molecule has 0 aromatic carbocycles. The Kier molecular flexibility index (Phi) is 5.26. The Labute approximate surface area is 121 Å². The predicted octanol–water partition coefficient (Wildman–Crippen LogP) is 0.449. The van der Waals surface area contributed by atoms with Crippen molar-refractivity contribution in [2.24, 2.45) is 5.92 Å². The smallest absolute Gasteiger partial charge is 0.308 e. The van der Waals surface area contributed by atoms with Crippen LogP contribution in [0.25, 0.3) is 0 Å². The molecule has 7 nitrogen and oxygen atoms in total. The fourth-order valence-corrected chi connectivity index (χ4v) is 3.45. The number of carbonyl (C=O) groups excluding carboxylic acids is 1. The van der Waals surface area contributed by atoms with Crippen molar-refractivity contribution in [3.8, 4) is 0 Å². The van der Waals surface area contributed by atoms with Crippen LogP contribution in [0.4, 0.5) is 0 Å². The summed E-state index contributed by atoms with van der Waals surface area (Å²) in [6.45, 7) is 1.55. The Morgan fingerprint density at radius 1 is 1.50 bits per heavy atom. The summed E-state index contributed by atoms with van der Waals surface area (Å²) in [5.74, 6) is -2.08. The minimum atomic E-state index is -3.58. The minimum Gasteiger partial charge on any atom is -0.481 e. The van der Waals surface area contributed by atoms with E-state index in [2.05, 4.69) is 4.72 Å². The van der Waals surface area contributed by atoms with E-state index in [4.69, 9.17) is 5.11 Å². The summed E-state index contributed by atoms with van der Waals surface area (Å²) < 4.78 is 25.3. The molecule has 0 fully saturated rings. The molecule has 0 bridgehead atoms. The average Bonchev–Trinajstić information content (AvgIpc) is 2.87. The second kappa shape index (κ2) is 6.33. The lowest BCUT2D eigenvalue weighted by Crippen LogP contribution is -2.33. The zero-order valence-electron chi connectivity index (χ0n) is 11.3. The number of carboxylic acids is 1. The monoisotopic (exact) mass is 320 g/mol. The molecule has 0 aliphatic rings. The van der Waals surface area contributed by atoms with E-state index < -0.39 is 27.8 Å². The molecule has 0 saturated heterocycles. The second-order valence-corrected chi connectivity index (χ2v) is 7.08. The molecule has 1 unspecified atom stereocenters. The van der Waals surface area contributed by atoms with Gasteiger partial charge in [-0.2, -0.15) is 0 Å². The van der Waals surface area contributed by atoms with Crippen LogP contribution in [-0.4, -0.2) is 50.9 Å². The maximum absolute atomic E-state index is 12.1. The Balaban J connectivity index is 2.86. The standard InChI is InChI=1S/C11H16N2O5S2/c1-7(11(15)16)5-13(3)10(14)9-4-8(6-19-9)20(17,18)12-2/h4,6-7,12H,5H2,1-3H3,(H,15,16). The van der Waals surface area contributed by atoms with E-state index in [9.17, 15) is 18.0 Å². The van der Waals surface area contributed by atoms with Crippen LogP contribution in [-0.2, 0) is 14.8 Å². The minimum absolute atomic E-state index is 0.0213. The molecule has 112 valence electrons. The number of carboxylic acid groups (broad SMARTS) is 1. The van der Waals surface area contributed by atoms with Crippen molar-refractivity contribution >= 4 is 33.2 Å². The van der Waals surface area contributed by atoms with E-state index in [1.54, 1.807) is 0 Å². The van der Waals surface area contributed by atoms with Gasteiger partial charge in [-0.05, 0) is 13.1 Å². The van der Waals surface area contributed by atoms with Crippen molar-refractivity contribution in [1.29, 1.82) is 0 Å². The van der Waals surface area contributed by atoms with Crippen LogP contribution in [0.5, 0.6) is 0 Å². The number of amides is 1. The first-order valence-corrected chi connectivity index (χ1v) is 8.05. The number of carbonyl (C=O) groups is 2. The van der Waals surface area contributed by atoms with Crippen LogP contribution >= 0.6 is 11.3 Å². The van der Waals surface area contributed by atoms with E-state index in [0.29, 0.717) is 0 Å². The van der Waals surface area contributed by atoms with Gasteiger partial charge in [0.25, 0.3) is 5.91 Å². The zero-order valence-corrected chi connectivity index (χ0v) is 12.9. The number of sulfonamides is 1. The first-order chi connectivity index (χ1) is 9.19. The molecule has 1 heterocycles. The highest BCUT2D eigenvalue weighted by Gasteiger charge is 2.22. The van der Waals surface area contributed by atoms with E-state index in [1.807, 2.05) is 0 Å². The average molecular weight is 320 g/mol. The van der Waals surface area contributed by atoms with Crippen molar-refractivity contribution in [3.63, 3.8) is 0 Å². The highest BCUT2D eigenvalue weighted by Crippen LogP contribution is 2.20. The summed E-state index contributed by atoms with van der Waals surface area (Å²) >= 11 is 1.01. The van der Waals surface area contributed by atoms with Crippen molar-refractivity contribution in [2.75, 3.05) is 20.6 Å². The number of nitrogens with one attached hydrogen (secondary N) is 1. The van der Waals surface area contributed by atoms with Crippen molar-refractivity contribution in [3.05, 3.63) is 16.3 Å². The molecule has 0 saturated carbocycles. The topological polar surface area (TPSA) is 104 Å². The summed E-state index contributed by atoms with van der Waals surface area (Å²) in [4.78, 5) is 24.3. The Morgan fingerprint density at radius 3 is 2.60 bits per heavy atom. The van der Waals surface area contributed by atoms with Gasteiger partial charge in [0, 0.05) is 19.0 Å². The van der Waals surface area contributed by atoms with Crippen LogP contribution in [0.15, 0.2) is 16.3 Å². The van der Waals surface area contributed by atoms with Gasteiger partial charge >= 0.3 is 5.97 Å². The molecule has 1 aromatic heterocycles. The van der Waals surface area contributed by atoms with Crippen molar-refractivity contribution in [2.45, 2.75) is 11.8 Å². The first-order valence-electron chi connectivity index (χ1n) is 5.69. The van der Waals surface area contributed by atoms with E-state index in [0.717, 1.165) is 11.3 Å². The highest BCUT2D eigenvalue weighted by molar-refractivity contribution is 7.89. The molecule has 1 atom stereocenters. The lowest BCUT2D eigenvalue weighted by molar-refractivity contribution is -0.141. The summed E-state index contributed by atoms with van der Waals surface area (Å²) in [7, 11) is -0.811. The molecular weight excluding hydrogens is 304 g/mol.